The van der Waals surface area contributed by atoms with Gasteiger partial charge in [-0.05, 0) is 19.1 Å². The summed E-state index contributed by atoms with van der Waals surface area (Å²) in [5.74, 6) is 0. The van der Waals surface area contributed by atoms with Crippen molar-refractivity contribution in [3.05, 3.63) is 59.5 Å². The van der Waals surface area contributed by atoms with E-state index in [1.54, 1.807) is 10.9 Å². The van der Waals surface area contributed by atoms with Crippen LogP contribution in [0.2, 0.25) is 0 Å². The van der Waals surface area contributed by atoms with E-state index in [1.165, 1.54) is 0 Å². The minimum atomic E-state index is -0.689. The summed E-state index contributed by atoms with van der Waals surface area (Å²) in [6, 6.07) is 9.85. The Morgan fingerprint density at radius 3 is 2.79 bits per heavy atom. The topological polar surface area (TPSA) is 50.9 Å². The van der Waals surface area contributed by atoms with Crippen LogP contribution in [0.25, 0.3) is 10.9 Å². The van der Waals surface area contributed by atoms with Crippen LogP contribution in [0.4, 0.5) is 0 Å². The molecule has 4 nitrogen and oxygen atoms in total. The van der Waals surface area contributed by atoms with Gasteiger partial charge in [-0.2, -0.15) is 5.10 Å². The number of pyridine rings is 1. The zero-order chi connectivity index (χ0) is 13.4. The van der Waals surface area contributed by atoms with Gasteiger partial charge in [0.15, 0.2) is 0 Å². The molecule has 0 aliphatic heterocycles. The number of fused-ring (bicyclic) bond motifs is 1. The molecule has 0 bridgehead atoms. The Labute approximate surface area is 111 Å². The minimum Gasteiger partial charge on any atom is -0.383 e. The Morgan fingerprint density at radius 1 is 1.26 bits per heavy atom. The first-order valence-electron chi connectivity index (χ1n) is 6.18. The summed E-state index contributed by atoms with van der Waals surface area (Å²) in [4.78, 5) is 4.38. The van der Waals surface area contributed by atoms with Gasteiger partial charge in [0.25, 0.3) is 0 Å². The third-order valence-corrected chi connectivity index (χ3v) is 3.27. The molecule has 96 valence electrons. The fraction of sp³-hybridized carbons (Fsp3) is 0.200. The van der Waals surface area contributed by atoms with Crippen LogP contribution in [0.1, 0.15) is 22.9 Å². The van der Waals surface area contributed by atoms with Crippen molar-refractivity contribution < 1.29 is 5.11 Å². The van der Waals surface area contributed by atoms with Gasteiger partial charge < -0.3 is 5.11 Å². The molecule has 3 aromatic rings. The predicted octanol–water partition coefficient (Wildman–Crippen LogP) is 2.36. The maximum Gasteiger partial charge on any atom is 0.109 e. The van der Waals surface area contributed by atoms with Crippen LogP contribution in [0.5, 0.6) is 0 Å². The van der Waals surface area contributed by atoms with E-state index in [2.05, 4.69) is 10.1 Å². The van der Waals surface area contributed by atoms with E-state index in [0.717, 1.165) is 27.7 Å². The third kappa shape index (κ3) is 2.11. The molecule has 2 aromatic heterocycles. The van der Waals surface area contributed by atoms with Gasteiger partial charge >= 0.3 is 0 Å². The molecule has 2 heterocycles. The summed E-state index contributed by atoms with van der Waals surface area (Å²) >= 11 is 0. The highest BCUT2D eigenvalue weighted by Gasteiger charge is 2.16. The number of hydrogen-bond donors (Lipinski definition) is 1. The molecule has 19 heavy (non-hydrogen) atoms. The monoisotopic (exact) mass is 253 g/mol. The SMILES string of the molecule is Cc1nn(C)cc1C(O)c1cnc2ccccc2c1. The molecule has 1 unspecified atom stereocenters. The van der Waals surface area contributed by atoms with Gasteiger partial charge in [0.1, 0.15) is 6.10 Å². The van der Waals surface area contributed by atoms with Crippen LogP contribution >= 0.6 is 0 Å². The Kier molecular flexibility index (Phi) is 2.80. The van der Waals surface area contributed by atoms with E-state index in [4.69, 9.17) is 0 Å². The first-order chi connectivity index (χ1) is 9.15. The number of aromatic nitrogens is 3. The number of aryl methyl sites for hydroxylation is 2. The first-order valence-corrected chi connectivity index (χ1v) is 6.18. The van der Waals surface area contributed by atoms with Crippen molar-refractivity contribution in [3.8, 4) is 0 Å². The second-order valence-electron chi connectivity index (χ2n) is 4.71. The highest BCUT2D eigenvalue weighted by atomic mass is 16.3. The number of rotatable bonds is 2. The number of para-hydroxylation sites is 1. The Hall–Kier alpha value is -2.20. The van der Waals surface area contributed by atoms with Crippen molar-refractivity contribution in [2.24, 2.45) is 7.05 Å². The first kappa shape index (κ1) is 11.9. The van der Waals surface area contributed by atoms with Crippen molar-refractivity contribution >= 4 is 10.9 Å². The fourth-order valence-corrected chi connectivity index (χ4v) is 2.30. The number of aliphatic hydroxyl groups is 1. The van der Waals surface area contributed by atoms with Crippen LogP contribution in [0.15, 0.2) is 42.7 Å². The van der Waals surface area contributed by atoms with E-state index >= 15 is 0 Å². The number of nitrogens with zero attached hydrogens (tertiary/aromatic N) is 3. The lowest BCUT2D eigenvalue weighted by molar-refractivity contribution is 0.219. The number of aliphatic hydroxyl groups excluding tert-OH is 1. The molecule has 0 aliphatic rings. The quantitative estimate of drug-likeness (QED) is 0.762. The van der Waals surface area contributed by atoms with E-state index in [0.29, 0.717) is 0 Å². The van der Waals surface area contributed by atoms with Crippen LogP contribution in [0.3, 0.4) is 0 Å². The highest BCUT2D eigenvalue weighted by Crippen LogP contribution is 2.25. The summed E-state index contributed by atoms with van der Waals surface area (Å²) in [7, 11) is 1.85. The number of benzene rings is 1. The largest absolute Gasteiger partial charge is 0.383 e. The van der Waals surface area contributed by atoms with Crippen molar-refractivity contribution in [2.75, 3.05) is 0 Å². The summed E-state index contributed by atoms with van der Waals surface area (Å²) < 4.78 is 1.71. The lowest BCUT2D eigenvalue weighted by Crippen LogP contribution is -2.01. The molecule has 0 radical (unpaired) electrons. The number of hydrogen-bond acceptors (Lipinski definition) is 3. The van der Waals surface area contributed by atoms with Gasteiger partial charge in [0.2, 0.25) is 0 Å². The molecule has 0 fully saturated rings. The Morgan fingerprint density at radius 2 is 2.05 bits per heavy atom. The molecule has 1 N–H and O–H groups in total. The fourth-order valence-electron chi connectivity index (χ4n) is 2.30. The van der Waals surface area contributed by atoms with Crippen molar-refractivity contribution in [1.29, 1.82) is 0 Å². The Bertz CT molecular complexity index is 733. The second kappa shape index (κ2) is 4.48. The van der Waals surface area contributed by atoms with Crippen LogP contribution in [-0.4, -0.2) is 19.9 Å². The smallest absolute Gasteiger partial charge is 0.109 e. The molecule has 0 amide bonds. The molecule has 1 atom stereocenters. The summed E-state index contributed by atoms with van der Waals surface area (Å²) in [5.41, 5.74) is 3.37. The van der Waals surface area contributed by atoms with E-state index < -0.39 is 6.10 Å². The summed E-state index contributed by atoms with van der Waals surface area (Å²) in [6.45, 7) is 1.90. The maximum absolute atomic E-state index is 10.5. The van der Waals surface area contributed by atoms with Gasteiger partial charge in [-0.15, -0.1) is 0 Å². The maximum atomic E-state index is 10.5. The predicted molar refractivity (Wildman–Crippen MR) is 73.7 cm³/mol. The van der Waals surface area contributed by atoms with E-state index in [1.807, 2.05) is 50.5 Å². The highest BCUT2D eigenvalue weighted by molar-refractivity contribution is 5.78. The minimum absolute atomic E-state index is 0.689. The average molecular weight is 253 g/mol. The van der Waals surface area contributed by atoms with E-state index in [-0.39, 0.29) is 0 Å². The molecule has 4 heteroatoms. The molecule has 0 saturated carbocycles. The van der Waals surface area contributed by atoms with Crippen LogP contribution in [-0.2, 0) is 7.05 Å². The van der Waals surface area contributed by atoms with Crippen molar-refractivity contribution in [3.63, 3.8) is 0 Å². The third-order valence-electron chi connectivity index (χ3n) is 3.27. The lowest BCUT2D eigenvalue weighted by Gasteiger charge is -2.10. The van der Waals surface area contributed by atoms with Crippen molar-refractivity contribution in [2.45, 2.75) is 13.0 Å². The van der Waals surface area contributed by atoms with Crippen molar-refractivity contribution in [1.82, 2.24) is 14.8 Å². The van der Waals surface area contributed by atoms with Gasteiger partial charge in [0, 0.05) is 36.0 Å². The summed E-state index contributed by atoms with van der Waals surface area (Å²) in [5, 5.41) is 15.7. The Balaban J connectivity index is 2.06. The normalized spacial score (nSPS) is 12.8. The zero-order valence-corrected chi connectivity index (χ0v) is 10.9. The second-order valence-corrected chi connectivity index (χ2v) is 4.71. The zero-order valence-electron chi connectivity index (χ0n) is 10.9. The average Bonchev–Trinajstić information content (AvgIpc) is 2.76. The van der Waals surface area contributed by atoms with Gasteiger partial charge in [0.05, 0.1) is 11.2 Å². The molecule has 3 rings (SSSR count). The van der Waals surface area contributed by atoms with Gasteiger partial charge in [-0.1, -0.05) is 18.2 Å². The standard InChI is InChI=1S/C15H15N3O/c1-10-13(9-18(2)17-10)15(19)12-7-11-5-3-4-6-14(11)16-8-12/h3-9,15,19H,1-2H3. The molecule has 0 spiro atoms. The molecule has 0 saturated heterocycles. The molecular formula is C15H15N3O. The van der Waals surface area contributed by atoms with Crippen LogP contribution in [0, 0.1) is 6.92 Å². The van der Waals surface area contributed by atoms with E-state index in [9.17, 15) is 5.11 Å². The van der Waals surface area contributed by atoms with Gasteiger partial charge in [-0.25, -0.2) is 0 Å². The molecule has 0 aliphatic carbocycles. The van der Waals surface area contributed by atoms with Gasteiger partial charge in [-0.3, -0.25) is 9.67 Å². The molecule has 1 aromatic carbocycles. The molecular weight excluding hydrogens is 238 g/mol. The van der Waals surface area contributed by atoms with Crippen LogP contribution < -0.4 is 0 Å². The summed E-state index contributed by atoms with van der Waals surface area (Å²) in [6.07, 6.45) is 2.88. The lowest BCUT2D eigenvalue weighted by atomic mass is 10.0.